The normalized spacial score (nSPS) is 11.2. The average molecular weight is 318 g/mol. The van der Waals surface area contributed by atoms with Crippen molar-refractivity contribution >= 4 is 17.7 Å². The zero-order valence-corrected chi connectivity index (χ0v) is 14.3. The van der Waals surface area contributed by atoms with Gasteiger partial charge in [0.15, 0.2) is 0 Å². The molecule has 0 bridgehead atoms. The highest BCUT2D eigenvalue weighted by Crippen LogP contribution is 2.18. The highest BCUT2D eigenvalue weighted by Gasteiger charge is 2.11. The molecule has 2 rings (SSSR count). The molecule has 1 amide bonds. The first-order chi connectivity index (χ1) is 11.5. The van der Waals surface area contributed by atoms with E-state index in [0.29, 0.717) is 5.92 Å². The minimum atomic E-state index is -0.383. The minimum absolute atomic E-state index is 0.0956. The van der Waals surface area contributed by atoms with Crippen LogP contribution in [0.4, 0.5) is 5.69 Å². The van der Waals surface area contributed by atoms with Crippen molar-refractivity contribution in [1.82, 2.24) is 0 Å². The van der Waals surface area contributed by atoms with Gasteiger partial charge in [0.1, 0.15) is 11.6 Å². The Bertz CT molecular complexity index is 780. The first-order valence-corrected chi connectivity index (χ1v) is 8.16. The molecule has 0 fully saturated rings. The number of carbonyl (C=O) groups is 1. The van der Waals surface area contributed by atoms with Crippen LogP contribution in [0, 0.1) is 11.3 Å². The zero-order valence-electron chi connectivity index (χ0n) is 14.3. The summed E-state index contributed by atoms with van der Waals surface area (Å²) in [5.41, 5.74) is 3.96. The van der Waals surface area contributed by atoms with Gasteiger partial charge in [-0.25, -0.2) is 0 Å². The van der Waals surface area contributed by atoms with Gasteiger partial charge in [-0.05, 0) is 41.2 Å². The molecule has 0 aliphatic carbocycles. The molecule has 0 radical (unpaired) electrons. The predicted molar refractivity (Wildman–Crippen MR) is 98.6 cm³/mol. The van der Waals surface area contributed by atoms with Crippen LogP contribution in [0.25, 0.3) is 6.08 Å². The van der Waals surface area contributed by atoms with E-state index in [2.05, 4.69) is 19.2 Å². The maximum Gasteiger partial charge on any atom is 0.266 e. The van der Waals surface area contributed by atoms with E-state index in [4.69, 9.17) is 0 Å². The van der Waals surface area contributed by atoms with Crippen molar-refractivity contribution < 1.29 is 4.79 Å². The molecular formula is C21H22N2O. The molecule has 3 heteroatoms. The summed E-state index contributed by atoms with van der Waals surface area (Å²) in [6.07, 6.45) is 2.44. The van der Waals surface area contributed by atoms with Crippen LogP contribution >= 0.6 is 0 Å². The summed E-state index contributed by atoms with van der Waals surface area (Å²) < 4.78 is 0. The molecule has 122 valence electrons. The lowest BCUT2D eigenvalue weighted by Crippen LogP contribution is -2.14. The van der Waals surface area contributed by atoms with Crippen molar-refractivity contribution in [3.8, 4) is 6.07 Å². The van der Waals surface area contributed by atoms with Crippen molar-refractivity contribution in [3.05, 3.63) is 70.8 Å². The first-order valence-electron chi connectivity index (χ1n) is 8.16. The molecule has 2 aromatic rings. The van der Waals surface area contributed by atoms with E-state index in [0.717, 1.165) is 23.2 Å². The van der Waals surface area contributed by atoms with Crippen molar-refractivity contribution in [1.29, 1.82) is 5.26 Å². The van der Waals surface area contributed by atoms with E-state index in [9.17, 15) is 10.1 Å². The highest BCUT2D eigenvalue weighted by atomic mass is 16.1. The van der Waals surface area contributed by atoms with Gasteiger partial charge in [-0.2, -0.15) is 5.26 Å². The van der Waals surface area contributed by atoms with Crippen LogP contribution in [-0.2, 0) is 11.2 Å². The summed E-state index contributed by atoms with van der Waals surface area (Å²) in [7, 11) is 0. The topological polar surface area (TPSA) is 52.9 Å². The zero-order chi connectivity index (χ0) is 17.5. The fourth-order valence-corrected chi connectivity index (χ4v) is 2.43. The smallest absolute Gasteiger partial charge is 0.266 e. The summed E-state index contributed by atoms with van der Waals surface area (Å²) in [4.78, 5) is 12.4. The predicted octanol–water partition coefficient (Wildman–Crippen LogP) is 4.92. The van der Waals surface area contributed by atoms with Crippen LogP contribution < -0.4 is 5.32 Å². The lowest BCUT2D eigenvalue weighted by Gasteiger charge is -2.09. The fourth-order valence-electron chi connectivity index (χ4n) is 2.43. The van der Waals surface area contributed by atoms with Gasteiger partial charge in [0.2, 0.25) is 0 Å². The van der Waals surface area contributed by atoms with Gasteiger partial charge >= 0.3 is 0 Å². The van der Waals surface area contributed by atoms with E-state index in [1.165, 1.54) is 5.56 Å². The van der Waals surface area contributed by atoms with Gasteiger partial charge in [0, 0.05) is 5.69 Å². The number of para-hydroxylation sites is 1. The van der Waals surface area contributed by atoms with Gasteiger partial charge in [-0.15, -0.1) is 0 Å². The SMILES string of the molecule is CCc1ccccc1NC(=O)/C(C#N)=C\c1ccc(C(C)C)cc1. The van der Waals surface area contributed by atoms with Crippen LogP contribution in [0.5, 0.6) is 0 Å². The Morgan fingerprint density at radius 1 is 1.17 bits per heavy atom. The first kappa shape index (κ1) is 17.5. The number of hydrogen-bond acceptors (Lipinski definition) is 2. The third kappa shape index (κ3) is 4.33. The van der Waals surface area contributed by atoms with Crippen molar-refractivity contribution in [2.24, 2.45) is 0 Å². The lowest BCUT2D eigenvalue weighted by molar-refractivity contribution is -0.112. The van der Waals surface area contributed by atoms with Crippen molar-refractivity contribution in [2.45, 2.75) is 33.1 Å². The Morgan fingerprint density at radius 2 is 1.83 bits per heavy atom. The fraction of sp³-hybridized carbons (Fsp3) is 0.238. The number of amides is 1. The number of hydrogen-bond donors (Lipinski definition) is 1. The molecule has 0 saturated carbocycles. The summed E-state index contributed by atoms with van der Waals surface area (Å²) in [6.45, 7) is 6.29. The van der Waals surface area contributed by atoms with E-state index in [1.54, 1.807) is 6.08 Å². The summed E-state index contributed by atoms with van der Waals surface area (Å²) in [5.74, 6) is 0.0682. The quantitative estimate of drug-likeness (QED) is 0.628. The second-order valence-electron chi connectivity index (χ2n) is 5.96. The maximum absolute atomic E-state index is 12.4. The molecule has 3 nitrogen and oxygen atoms in total. The average Bonchev–Trinajstić information content (AvgIpc) is 2.60. The van der Waals surface area contributed by atoms with E-state index in [1.807, 2.05) is 61.5 Å². The number of anilines is 1. The van der Waals surface area contributed by atoms with E-state index < -0.39 is 0 Å². The monoisotopic (exact) mass is 318 g/mol. The molecule has 0 atom stereocenters. The molecule has 0 aromatic heterocycles. The number of benzene rings is 2. The number of rotatable bonds is 5. The molecule has 0 aliphatic heterocycles. The van der Waals surface area contributed by atoms with Crippen molar-refractivity contribution in [3.63, 3.8) is 0 Å². The number of nitrogens with one attached hydrogen (secondary N) is 1. The van der Waals surface area contributed by atoms with Crippen LogP contribution in [0.2, 0.25) is 0 Å². The molecule has 0 heterocycles. The van der Waals surface area contributed by atoms with E-state index >= 15 is 0 Å². The lowest BCUT2D eigenvalue weighted by atomic mass is 10.0. The number of nitriles is 1. The van der Waals surface area contributed by atoms with Gasteiger partial charge in [-0.3, -0.25) is 4.79 Å². The number of nitrogens with zero attached hydrogens (tertiary/aromatic N) is 1. The van der Waals surface area contributed by atoms with Crippen molar-refractivity contribution in [2.75, 3.05) is 5.32 Å². The molecule has 1 N–H and O–H groups in total. The largest absolute Gasteiger partial charge is 0.321 e. The number of carbonyl (C=O) groups excluding carboxylic acids is 1. The molecule has 24 heavy (non-hydrogen) atoms. The molecular weight excluding hydrogens is 296 g/mol. The Labute approximate surface area is 143 Å². The summed E-state index contributed by atoms with van der Waals surface area (Å²) in [6, 6.07) is 17.5. The molecule has 0 aliphatic rings. The molecule has 2 aromatic carbocycles. The van der Waals surface area contributed by atoms with Gasteiger partial charge in [-0.1, -0.05) is 63.2 Å². The van der Waals surface area contributed by atoms with Crippen LogP contribution in [-0.4, -0.2) is 5.91 Å². The molecule has 0 saturated heterocycles. The Hall–Kier alpha value is -2.86. The van der Waals surface area contributed by atoms with Gasteiger partial charge in [0.05, 0.1) is 0 Å². The van der Waals surface area contributed by atoms with Gasteiger partial charge < -0.3 is 5.32 Å². The summed E-state index contributed by atoms with van der Waals surface area (Å²) in [5, 5.41) is 12.2. The third-order valence-electron chi connectivity index (χ3n) is 3.93. The van der Waals surface area contributed by atoms with Crippen LogP contribution in [0.15, 0.2) is 54.1 Å². The minimum Gasteiger partial charge on any atom is -0.321 e. The second-order valence-corrected chi connectivity index (χ2v) is 5.96. The third-order valence-corrected chi connectivity index (χ3v) is 3.93. The number of aryl methyl sites for hydroxylation is 1. The standard InChI is InChI=1S/C21H22N2O/c1-4-17-7-5-6-8-20(17)23-21(24)19(14-22)13-16-9-11-18(12-10-16)15(2)3/h5-13,15H,4H2,1-3H3,(H,23,24)/b19-13-. The maximum atomic E-state index is 12.4. The Balaban J connectivity index is 2.21. The second kappa shape index (κ2) is 8.12. The highest BCUT2D eigenvalue weighted by molar-refractivity contribution is 6.09. The molecule has 0 unspecified atom stereocenters. The van der Waals surface area contributed by atoms with Crippen LogP contribution in [0.1, 0.15) is 43.4 Å². The van der Waals surface area contributed by atoms with E-state index in [-0.39, 0.29) is 11.5 Å². The van der Waals surface area contributed by atoms with Gasteiger partial charge in [0.25, 0.3) is 5.91 Å². The Morgan fingerprint density at radius 3 is 2.42 bits per heavy atom. The molecule has 0 spiro atoms. The summed E-state index contributed by atoms with van der Waals surface area (Å²) >= 11 is 0. The van der Waals surface area contributed by atoms with Crippen LogP contribution in [0.3, 0.4) is 0 Å². The Kier molecular flexibility index (Phi) is 5.92.